The molecule has 0 aromatic heterocycles. The summed E-state index contributed by atoms with van der Waals surface area (Å²) in [6.45, 7) is 4.76. The Labute approximate surface area is 293 Å². The van der Waals surface area contributed by atoms with E-state index in [9.17, 15) is 19.5 Å². The van der Waals surface area contributed by atoms with E-state index in [2.05, 4.69) is 38.2 Å². The highest BCUT2D eigenvalue weighted by atomic mass is 16.7. The largest absolute Gasteiger partial charge is 0.477 e. The molecule has 0 fully saturated rings. The van der Waals surface area contributed by atoms with Crippen LogP contribution in [0.15, 0.2) is 24.3 Å². The number of quaternary nitrogens is 1. The first-order valence-electron chi connectivity index (χ1n) is 19.0. The molecule has 48 heavy (non-hydrogen) atoms. The number of hydrogen-bond donors (Lipinski definition) is 1. The van der Waals surface area contributed by atoms with Crippen LogP contribution in [0.25, 0.3) is 0 Å². The van der Waals surface area contributed by atoms with Gasteiger partial charge in [-0.1, -0.05) is 102 Å². The van der Waals surface area contributed by atoms with Gasteiger partial charge >= 0.3 is 17.9 Å². The number of ether oxygens (including phenoxy) is 4. The standard InChI is InChI=1S/C39H71NO8/c1-6-8-10-12-14-16-18-20-22-24-26-28-30-37(42)48-35(34-47-39(38(43)44)45-32-31-40(3,4)5)33-46-36(41)29-27-25-23-21-19-17-15-13-11-9-7-2/h13-16,35,39H,6-12,17-34H2,1-5H3/p+1/b15-13-,16-14-. The molecule has 0 saturated carbocycles. The lowest BCUT2D eigenvalue weighted by Gasteiger charge is -2.25. The Bertz CT molecular complexity index is 851. The van der Waals surface area contributed by atoms with E-state index in [0.717, 1.165) is 77.0 Å². The van der Waals surface area contributed by atoms with E-state index < -0.39 is 24.3 Å². The van der Waals surface area contributed by atoms with Gasteiger partial charge in [-0.15, -0.1) is 0 Å². The van der Waals surface area contributed by atoms with Gasteiger partial charge in [0.2, 0.25) is 0 Å². The Morgan fingerprint density at radius 2 is 1.08 bits per heavy atom. The Balaban J connectivity index is 4.58. The number of esters is 2. The molecule has 0 bridgehead atoms. The molecule has 2 atom stereocenters. The van der Waals surface area contributed by atoms with Gasteiger partial charge in [-0.25, -0.2) is 4.79 Å². The number of carbonyl (C=O) groups is 3. The Kier molecular flexibility index (Phi) is 30.5. The molecule has 280 valence electrons. The maximum absolute atomic E-state index is 12.6. The molecule has 0 aromatic carbocycles. The molecule has 9 nitrogen and oxygen atoms in total. The van der Waals surface area contributed by atoms with Crippen molar-refractivity contribution < 1.29 is 42.9 Å². The summed E-state index contributed by atoms with van der Waals surface area (Å²) >= 11 is 0. The van der Waals surface area contributed by atoms with Crippen LogP contribution in [0.5, 0.6) is 0 Å². The van der Waals surface area contributed by atoms with Gasteiger partial charge in [0.15, 0.2) is 6.10 Å². The molecule has 0 heterocycles. The fraction of sp³-hybridized carbons (Fsp3) is 0.821. The zero-order valence-corrected chi connectivity index (χ0v) is 31.4. The van der Waals surface area contributed by atoms with Gasteiger partial charge in [0.1, 0.15) is 13.2 Å². The average molecular weight is 683 g/mol. The number of allylic oxidation sites excluding steroid dienone is 4. The molecule has 9 heteroatoms. The minimum absolute atomic E-state index is 0.185. The van der Waals surface area contributed by atoms with E-state index in [1.54, 1.807) is 0 Å². The zero-order valence-electron chi connectivity index (χ0n) is 31.4. The van der Waals surface area contributed by atoms with Crippen molar-refractivity contribution in [3.8, 4) is 0 Å². The summed E-state index contributed by atoms with van der Waals surface area (Å²) in [5.41, 5.74) is 0. The van der Waals surface area contributed by atoms with E-state index in [0.29, 0.717) is 23.9 Å². The third kappa shape index (κ3) is 32.3. The Morgan fingerprint density at radius 1 is 0.604 bits per heavy atom. The van der Waals surface area contributed by atoms with E-state index in [-0.39, 0.29) is 32.2 Å². The predicted molar refractivity (Wildman–Crippen MR) is 194 cm³/mol. The minimum Gasteiger partial charge on any atom is -0.477 e. The van der Waals surface area contributed by atoms with Gasteiger partial charge in [-0.3, -0.25) is 9.59 Å². The second-order valence-electron chi connectivity index (χ2n) is 13.9. The van der Waals surface area contributed by atoms with E-state index in [4.69, 9.17) is 18.9 Å². The van der Waals surface area contributed by atoms with Crippen LogP contribution < -0.4 is 0 Å². The second-order valence-corrected chi connectivity index (χ2v) is 13.9. The number of aliphatic carboxylic acids is 1. The fourth-order valence-electron chi connectivity index (χ4n) is 4.87. The highest BCUT2D eigenvalue weighted by Gasteiger charge is 2.25. The molecular formula is C39H72NO8+. The van der Waals surface area contributed by atoms with Crippen molar-refractivity contribution in [3.05, 3.63) is 24.3 Å². The van der Waals surface area contributed by atoms with Crippen LogP contribution in [0.3, 0.4) is 0 Å². The number of likely N-dealkylation sites (N-methyl/N-ethyl adjacent to an activating group) is 1. The van der Waals surface area contributed by atoms with Crippen LogP contribution in [-0.4, -0.2) is 87.4 Å². The van der Waals surface area contributed by atoms with Gasteiger partial charge in [0, 0.05) is 12.8 Å². The van der Waals surface area contributed by atoms with E-state index in [1.807, 2.05) is 21.1 Å². The summed E-state index contributed by atoms with van der Waals surface area (Å²) in [5.74, 6) is -2.04. The number of unbranched alkanes of at least 4 members (excludes halogenated alkanes) is 15. The average Bonchev–Trinajstić information content (AvgIpc) is 3.03. The molecular weight excluding hydrogens is 610 g/mol. The van der Waals surface area contributed by atoms with Crippen molar-refractivity contribution in [1.82, 2.24) is 0 Å². The zero-order chi connectivity index (χ0) is 35.7. The molecule has 0 radical (unpaired) electrons. The van der Waals surface area contributed by atoms with Crippen molar-refractivity contribution in [2.24, 2.45) is 0 Å². The highest BCUT2D eigenvalue weighted by Crippen LogP contribution is 2.12. The molecule has 0 spiro atoms. The smallest absolute Gasteiger partial charge is 0.361 e. The van der Waals surface area contributed by atoms with Gasteiger partial charge < -0.3 is 28.5 Å². The van der Waals surface area contributed by atoms with Crippen molar-refractivity contribution >= 4 is 17.9 Å². The topological polar surface area (TPSA) is 108 Å². The molecule has 0 aliphatic rings. The number of carboxylic acids is 1. The number of hydrogen-bond acceptors (Lipinski definition) is 7. The number of rotatable bonds is 34. The predicted octanol–water partition coefficient (Wildman–Crippen LogP) is 8.94. The molecule has 0 amide bonds. The van der Waals surface area contributed by atoms with Crippen LogP contribution in [-0.2, 0) is 33.3 Å². The van der Waals surface area contributed by atoms with Crippen molar-refractivity contribution in [3.63, 3.8) is 0 Å². The normalized spacial score (nSPS) is 13.3. The minimum atomic E-state index is -1.51. The number of carbonyl (C=O) groups excluding carboxylic acids is 2. The van der Waals surface area contributed by atoms with Gasteiger partial charge in [-0.2, -0.15) is 0 Å². The molecule has 0 saturated heterocycles. The fourth-order valence-corrected chi connectivity index (χ4v) is 4.87. The second kappa shape index (κ2) is 32.0. The van der Waals surface area contributed by atoms with Crippen LogP contribution in [0.4, 0.5) is 0 Å². The third-order valence-corrected chi connectivity index (χ3v) is 7.93. The summed E-state index contributed by atoms with van der Waals surface area (Å²) in [5, 5.41) is 9.57. The van der Waals surface area contributed by atoms with Gasteiger partial charge in [0.05, 0.1) is 34.4 Å². The maximum Gasteiger partial charge on any atom is 0.361 e. The third-order valence-electron chi connectivity index (χ3n) is 7.93. The first-order valence-corrected chi connectivity index (χ1v) is 19.0. The van der Waals surface area contributed by atoms with Gasteiger partial charge in [-0.05, 0) is 57.8 Å². The molecule has 0 aliphatic heterocycles. The molecule has 0 aliphatic carbocycles. The van der Waals surface area contributed by atoms with E-state index >= 15 is 0 Å². The molecule has 0 rings (SSSR count). The number of nitrogens with zero attached hydrogens (tertiary/aromatic N) is 1. The summed E-state index contributed by atoms with van der Waals surface area (Å²) < 4.78 is 22.6. The van der Waals surface area contributed by atoms with Crippen molar-refractivity contribution in [2.45, 2.75) is 161 Å². The highest BCUT2D eigenvalue weighted by molar-refractivity contribution is 5.71. The SMILES string of the molecule is CCCC/C=C\CCCCCCCC(=O)OCC(COC(OCC[N+](C)(C)C)C(=O)O)OC(=O)CCCCCCC/C=C\CCCCC. The van der Waals surface area contributed by atoms with E-state index in [1.165, 1.54) is 38.5 Å². The lowest BCUT2D eigenvalue weighted by atomic mass is 10.1. The maximum atomic E-state index is 12.6. The lowest BCUT2D eigenvalue weighted by molar-refractivity contribution is -0.870. The Hall–Kier alpha value is -2.23. The summed E-state index contributed by atoms with van der Waals surface area (Å²) in [6, 6.07) is 0. The summed E-state index contributed by atoms with van der Waals surface area (Å²) in [7, 11) is 5.93. The lowest BCUT2D eigenvalue weighted by Crippen LogP contribution is -2.40. The molecule has 0 aromatic rings. The summed E-state index contributed by atoms with van der Waals surface area (Å²) in [4.78, 5) is 36.8. The Morgan fingerprint density at radius 3 is 1.60 bits per heavy atom. The van der Waals surface area contributed by atoms with Gasteiger partial charge in [0.25, 0.3) is 6.29 Å². The molecule has 1 N–H and O–H groups in total. The quantitative estimate of drug-likeness (QED) is 0.0236. The van der Waals surface area contributed by atoms with Crippen LogP contribution in [0, 0.1) is 0 Å². The number of carboxylic acid groups (broad SMARTS) is 1. The van der Waals surface area contributed by atoms with Crippen LogP contribution >= 0.6 is 0 Å². The monoisotopic (exact) mass is 683 g/mol. The van der Waals surface area contributed by atoms with Crippen LogP contribution in [0.1, 0.15) is 149 Å². The van der Waals surface area contributed by atoms with Crippen LogP contribution in [0.2, 0.25) is 0 Å². The van der Waals surface area contributed by atoms with Crippen molar-refractivity contribution in [2.75, 3.05) is 47.5 Å². The van der Waals surface area contributed by atoms with Crippen molar-refractivity contribution in [1.29, 1.82) is 0 Å². The first kappa shape index (κ1) is 45.8. The molecule has 2 unspecified atom stereocenters. The first-order chi connectivity index (χ1) is 23.1. The summed E-state index contributed by atoms with van der Waals surface area (Å²) in [6.07, 6.45) is 28.1.